The molecule has 4 rings (SSSR count). The molecule has 0 saturated carbocycles. The Kier molecular flexibility index (Phi) is 12.4. The van der Waals surface area contributed by atoms with Crippen LogP contribution in [0.25, 0.3) is 0 Å². The average molecular weight is 604 g/mol. The summed E-state index contributed by atoms with van der Waals surface area (Å²) < 4.78 is 30.4. The fourth-order valence-corrected chi connectivity index (χ4v) is 6.50. The third kappa shape index (κ3) is 9.98. The molecule has 0 aromatic heterocycles. The Morgan fingerprint density at radius 2 is 1.60 bits per heavy atom. The van der Waals surface area contributed by atoms with Gasteiger partial charge in [-0.25, -0.2) is 4.79 Å². The molecular weight excluding hydrogens is 554 g/mol. The van der Waals surface area contributed by atoms with Gasteiger partial charge in [-0.2, -0.15) is 0 Å². The van der Waals surface area contributed by atoms with E-state index < -0.39 is 22.8 Å². The third-order valence-corrected chi connectivity index (χ3v) is 8.77. The number of nitro groups is 1. The van der Waals surface area contributed by atoms with Crippen LogP contribution in [0.2, 0.25) is 0 Å². The van der Waals surface area contributed by atoms with E-state index in [-0.39, 0.29) is 47.7 Å². The molecule has 240 valence electrons. The van der Waals surface area contributed by atoms with Crippen molar-refractivity contribution in [2.45, 2.75) is 159 Å². The molecular formula is C33H49NO9. The number of benzene rings is 1. The van der Waals surface area contributed by atoms with Crippen molar-refractivity contribution in [1.29, 1.82) is 0 Å². The van der Waals surface area contributed by atoms with E-state index in [4.69, 9.17) is 23.7 Å². The molecule has 0 radical (unpaired) electrons. The monoisotopic (exact) mass is 603 g/mol. The molecule has 0 N–H and O–H groups in total. The summed E-state index contributed by atoms with van der Waals surface area (Å²) in [4.78, 5) is 35.4. The van der Waals surface area contributed by atoms with E-state index in [1.165, 1.54) is 69.2 Å². The van der Waals surface area contributed by atoms with Gasteiger partial charge in [-0.1, -0.05) is 58.3 Å². The molecule has 3 aliphatic rings. The largest absolute Gasteiger partial charge is 0.460 e. The number of carbonyl (C=O) groups is 2. The Labute approximate surface area is 255 Å². The van der Waals surface area contributed by atoms with Crippen LogP contribution in [0.4, 0.5) is 5.69 Å². The number of hydrogen-bond donors (Lipinski definition) is 0. The second-order valence-corrected chi connectivity index (χ2v) is 12.7. The van der Waals surface area contributed by atoms with Gasteiger partial charge >= 0.3 is 11.9 Å². The van der Waals surface area contributed by atoms with Crippen molar-refractivity contribution < 1.29 is 38.2 Å². The molecule has 3 fully saturated rings. The van der Waals surface area contributed by atoms with Gasteiger partial charge in [0.1, 0.15) is 12.2 Å². The molecule has 0 aliphatic carbocycles. The SMILES string of the molecule is CCCCCCCCCC[C@H]1OC(C)(C)O[C@@H]1CC[C@H](OC(=O)c1ccc([N+](=O)[O-])cc1)[C@@H]1CC[C@@H]([C@H]2CCC(=O)O2)O1. The minimum absolute atomic E-state index is 0.0312. The molecule has 3 heterocycles. The number of hydrogen-bond acceptors (Lipinski definition) is 9. The molecule has 1 aromatic rings. The topological polar surface area (TPSA) is 123 Å². The van der Waals surface area contributed by atoms with Gasteiger partial charge in [0.15, 0.2) is 5.79 Å². The number of cyclic esters (lactones) is 1. The minimum atomic E-state index is -0.679. The number of nitro benzene ring substituents is 1. The van der Waals surface area contributed by atoms with Crippen LogP contribution in [-0.2, 0) is 28.5 Å². The maximum atomic E-state index is 13.2. The van der Waals surface area contributed by atoms with Gasteiger partial charge in [-0.05, 0) is 64.5 Å². The number of ether oxygens (including phenoxy) is 5. The molecule has 3 aliphatic heterocycles. The predicted molar refractivity (Wildman–Crippen MR) is 160 cm³/mol. The zero-order valence-electron chi connectivity index (χ0n) is 26.0. The van der Waals surface area contributed by atoms with Crippen molar-refractivity contribution in [3.8, 4) is 0 Å². The van der Waals surface area contributed by atoms with Crippen LogP contribution in [0.3, 0.4) is 0 Å². The lowest BCUT2D eigenvalue weighted by Crippen LogP contribution is -2.35. The molecule has 1 aromatic carbocycles. The molecule has 0 bridgehead atoms. The number of carbonyl (C=O) groups excluding carboxylic acids is 2. The molecule has 0 spiro atoms. The number of esters is 2. The molecule has 10 nitrogen and oxygen atoms in total. The van der Waals surface area contributed by atoms with E-state index in [0.29, 0.717) is 38.5 Å². The van der Waals surface area contributed by atoms with Crippen molar-refractivity contribution in [1.82, 2.24) is 0 Å². The fourth-order valence-electron chi connectivity index (χ4n) is 6.50. The second-order valence-electron chi connectivity index (χ2n) is 12.7. The van der Waals surface area contributed by atoms with Crippen LogP contribution in [-0.4, -0.2) is 59.3 Å². The summed E-state index contributed by atoms with van der Waals surface area (Å²) in [6.07, 6.45) is 12.9. The number of unbranched alkanes of at least 4 members (excludes halogenated alkanes) is 7. The Bertz CT molecular complexity index is 1060. The lowest BCUT2D eigenvalue weighted by molar-refractivity contribution is -0.384. The summed E-state index contributed by atoms with van der Waals surface area (Å²) in [5.74, 6) is -1.44. The lowest BCUT2D eigenvalue weighted by atomic mass is 9.97. The molecule has 0 unspecified atom stereocenters. The van der Waals surface area contributed by atoms with E-state index >= 15 is 0 Å². The first kappa shape index (κ1) is 33.3. The van der Waals surface area contributed by atoms with Crippen molar-refractivity contribution in [3.05, 3.63) is 39.9 Å². The first-order chi connectivity index (χ1) is 20.6. The maximum Gasteiger partial charge on any atom is 0.338 e. The van der Waals surface area contributed by atoms with E-state index in [2.05, 4.69) is 6.92 Å². The zero-order chi connectivity index (χ0) is 30.8. The first-order valence-corrected chi connectivity index (χ1v) is 16.3. The van der Waals surface area contributed by atoms with Crippen LogP contribution in [0.15, 0.2) is 24.3 Å². The summed E-state index contributed by atoms with van der Waals surface area (Å²) in [5, 5.41) is 11.0. The van der Waals surface area contributed by atoms with Gasteiger partial charge in [0, 0.05) is 18.6 Å². The summed E-state index contributed by atoms with van der Waals surface area (Å²) in [7, 11) is 0. The smallest absolute Gasteiger partial charge is 0.338 e. The third-order valence-electron chi connectivity index (χ3n) is 8.77. The number of nitrogens with zero attached hydrogens (tertiary/aromatic N) is 1. The Balaban J connectivity index is 1.35. The van der Waals surface area contributed by atoms with Gasteiger partial charge in [-0.15, -0.1) is 0 Å². The molecule has 0 amide bonds. The molecule has 3 saturated heterocycles. The van der Waals surface area contributed by atoms with Gasteiger partial charge in [-0.3, -0.25) is 14.9 Å². The molecule has 6 atom stereocenters. The zero-order valence-corrected chi connectivity index (χ0v) is 26.0. The first-order valence-electron chi connectivity index (χ1n) is 16.3. The van der Waals surface area contributed by atoms with E-state index in [9.17, 15) is 19.7 Å². The van der Waals surface area contributed by atoms with Gasteiger partial charge < -0.3 is 23.7 Å². The van der Waals surface area contributed by atoms with Gasteiger partial charge in [0.05, 0.1) is 34.9 Å². The van der Waals surface area contributed by atoms with Gasteiger partial charge in [0.25, 0.3) is 5.69 Å². The Hall–Kier alpha value is -2.56. The molecule has 43 heavy (non-hydrogen) atoms. The highest BCUT2D eigenvalue weighted by atomic mass is 16.8. The summed E-state index contributed by atoms with van der Waals surface area (Å²) >= 11 is 0. The van der Waals surface area contributed by atoms with Crippen LogP contribution < -0.4 is 0 Å². The predicted octanol–water partition coefficient (Wildman–Crippen LogP) is 7.20. The van der Waals surface area contributed by atoms with Crippen molar-refractivity contribution in [2.24, 2.45) is 0 Å². The normalized spacial score (nSPS) is 27.2. The van der Waals surface area contributed by atoms with Crippen LogP contribution in [0.5, 0.6) is 0 Å². The fraction of sp³-hybridized carbons (Fsp3) is 0.758. The van der Waals surface area contributed by atoms with Crippen molar-refractivity contribution >= 4 is 17.6 Å². The second kappa shape index (κ2) is 16.0. The lowest BCUT2D eigenvalue weighted by Gasteiger charge is -2.27. The van der Waals surface area contributed by atoms with Crippen molar-refractivity contribution in [3.63, 3.8) is 0 Å². The maximum absolute atomic E-state index is 13.2. The summed E-state index contributed by atoms with van der Waals surface area (Å²) in [6, 6.07) is 5.40. The highest BCUT2D eigenvalue weighted by molar-refractivity contribution is 5.89. The van der Waals surface area contributed by atoms with E-state index in [1.807, 2.05) is 13.8 Å². The Morgan fingerprint density at radius 3 is 2.23 bits per heavy atom. The highest BCUT2D eigenvalue weighted by Crippen LogP contribution is 2.36. The average Bonchev–Trinajstić information content (AvgIpc) is 3.71. The van der Waals surface area contributed by atoms with Crippen LogP contribution in [0.1, 0.15) is 127 Å². The van der Waals surface area contributed by atoms with E-state index in [0.717, 1.165) is 12.8 Å². The Morgan fingerprint density at radius 1 is 0.953 bits per heavy atom. The van der Waals surface area contributed by atoms with Crippen LogP contribution in [0, 0.1) is 10.1 Å². The van der Waals surface area contributed by atoms with Crippen molar-refractivity contribution in [2.75, 3.05) is 0 Å². The summed E-state index contributed by atoms with van der Waals surface area (Å²) in [6.45, 7) is 6.11. The standard InChI is InChI=1S/C33H49NO9/c1-4-5-6-7-8-9-10-11-12-29-30(43-33(2,3)42-29)20-19-28(26-18-17-25(39-26)27-21-22-31(35)40-27)41-32(36)23-13-15-24(16-14-23)34(37)38/h13-16,25-30H,4-12,17-22H2,1-3H3/t25-,26-,27+,28-,29+,30+/m0/s1. The van der Waals surface area contributed by atoms with Crippen LogP contribution >= 0.6 is 0 Å². The highest BCUT2D eigenvalue weighted by Gasteiger charge is 2.44. The van der Waals surface area contributed by atoms with E-state index in [1.54, 1.807) is 0 Å². The van der Waals surface area contributed by atoms with Gasteiger partial charge in [0.2, 0.25) is 0 Å². The minimum Gasteiger partial charge on any atom is -0.460 e. The number of rotatable bonds is 17. The summed E-state index contributed by atoms with van der Waals surface area (Å²) in [5.41, 5.74) is 0.147. The number of non-ortho nitro benzene ring substituents is 1. The quantitative estimate of drug-likeness (QED) is 0.0786. The molecule has 10 heteroatoms.